The van der Waals surface area contributed by atoms with E-state index in [2.05, 4.69) is 52.8 Å². The Labute approximate surface area is 178 Å². The van der Waals surface area contributed by atoms with E-state index in [9.17, 15) is 5.11 Å². The number of ether oxygens (including phenoxy) is 2. The maximum absolute atomic E-state index is 9.78. The molecule has 0 saturated heterocycles. The van der Waals surface area contributed by atoms with E-state index in [0.717, 1.165) is 41.9 Å². The highest BCUT2D eigenvalue weighted by Gasteiger charge is 2.33. The predicted octanol–water partition coefficient (Wildman–Crippen LogP) is 6.77. The molecule has 0 amide bonds. The lowest BCUT2D eigenvalue weighted by Crippen LogP contribution is -2.23. The van der Waals surface area contributed by atoms with Crippen molar-refractivity contribution in [2.75, 3.05) is 20.8 Å². The first-order valence-electron chi connectivity index (χ1n) is 11.2. The van der Waals surface area contributed by atoms with Gasteiger partial charge in [0.2, 0.25) is 0 Å². The third-order valence-corrected chi connectivity index (χ3v) is 6.47. The van der Waals surface area contributed by atoms with Crippen LogP contribution in [0.25, 0.3) is 0 Å². The van der Waals surface area contributed by atoms with E-state index in [1.54, 1.807) is 14.2 Å². The summed E-state index contributed by atoms with van der Waals surface area (Å²) < 4.78 is 11.8. The number of unbranched alkanes of at least 4 members (excludes halogenated alkanes) is 3. The zero-order valence-electron chi connectivity index (χ0n) is 19.7. The maximum Gasteiger partial charge on any atom is 0.126 e. The number of hydrogen-bond donors (Lipinski definition) is 1. The molecule has 1 N–H and O–H groups in total. The van der Waals surface area contributed by atoms with Crippen LogP contribution in [-0.4, -0.2) is 25.9 Å². The molecule has 0 bridgehead atoms. The van der Waals surface area contributed by atoms with Gasteiger partial charge in [-0.1, -0.05) is 66.4 Å². The highest BCUT2D eigenvalue weighted by atomic mass is 16.5. The van der Waals surface area contributed by atoms with E-state index in [4.69, 9.17) is 9.47 Å². The largest absolute Gasteiger partial charge is 0.496 e. The Bertz CT molecular complexity index is 675. The lowest BCUT2D eigenvalue weighted by atomic mass is 9.70. The molecule has 2 rings (SSSR count). The molecule has 1 atom stereocenters. The summed E-state index contributed by atoms with van der Waals surface area (Å²) in [5.41, 5.74) is 3.71. The van der Waals surface area contributed by atoms with Crippen molar-refractivity contribution in [1.82, 2.24) is 0 Å². The Morgan fingerprint density at radius 1 is 1.07 bits per heavy atom. The second kappa shape index (κ2) is 10.0. The van der Waals surface area contributed by atoms with Gasteiger partial charge in [-0.05, 0) is 53.4 Å². The van der Waals surface area contributed by atoms with Crippen LogP contribution in [0.3, 0.4) is 0 Å². The number of methoxy groups -OCH3 is 2. The fraction of sp³-hybridized carbons (Fsp3) is 0.692. The summed E-state index contributed by atoms with van der Waals surface area (Å²) in [5, 5.41) is 9.78. The topological polar surface area (TPSA) is 38.7 Å². The van der Waals surface area contributed by atoms with E-state index < -0.39 is 0 Å². The number of benzene rings is 1. The van der Waals surface area contributed by atoms with Crippen molar-refractivity contribution in [2.45, 2.75) is 90.9 Å². The predicted molar refractivity (Wildman–Crippen MR) is 122 cm³/mol. The fourth-order valence-corrected chi connectivity index (χ4v) is 4.81. The molecule has 0 aliphatic heterocycles. The molecule has 3 nitrogen and oxygen atoms in total. The van der Waals surface area contributed by atoms with Crippen LogP contribution in [0.4, 0.5) is 0 Å². The molecule has 1 aliphatic carbocycles. The second-order valence-electron chi connectivity index (χ2n) is 10.1. The van der Waals surface area contributed by atoms with Crippen LogP contribution < -0.4 is 9.47 Å². The van der Waals surface area contributed by atoms with Crippen molar-refractivity contribution in [1.29, 1.82) is 0 Å². The summed E-state index contributed by atoms with van der Waals surface area (Å²) in [4.78, 5) is 0. The van der Waals surface area contributed by atoms with Gasteiger partial charge in [-0.15, -0.1) is 0 Å². The summed E-state index contributed by atoms with van der Waals surface area (Å²) in [5.74, 6) is 1.99. The highest BCUT2D eigenvalue weighted by Crippen LogP contribution is 2.49. The first-order chi connectivity index (χ1) is 13.7. The van der Waals surface area contributed by atoms with Gasteiger partial charge in [0.25, 0.3) is 0 Å². The van der Waals surface area contributed by atoms with Gasteiger partial charge in [-0.25, -0.2) is 0 Å². The highest BCUT2D eigenvalue weighted by molar-refractivity contribution is 5.53. The summed E-state index contributed by atoms with van der Waals surface area (Å²) >= 11 is 0. The number of allylic oxidation sites excluding steroid dienone is 1. The van der Waals surface area contributed by atoms with Gasteiger partial charge in [-0.2, -0.15) is 0 Å². The Balaban J connectivity index is 2.42. The summed E-state index contributed by atoms with van der Waals surface area (Å²) in [6.45, 7) is 11.6. The maximum atomic E-state index is 9.78. The molecule has 0 unspecified atom stereocenters. The minimum Gasteiger partial charge on any atom is -0.496 e. The lowest BCUT2D eigenvalue weighted by molar-refractivity contribution is 0.257. The fourth-order valence-electron chi connectivity index (χ4n) is 4.81. The van der Waals surface area contributed by atoms with Crippen LogP contribution in [0.2, 0.25) is 0 Å². The molecule has 0 fully saturated rings. The molecular weight excluding hydrogens is 360 g/mol. The minimum absolute atomic E-state index is 0.0742. The van der Waals surface area contributed by atoms with Crippen LogP contribution in [-0.2, 0) is 5.41 Å². The molecule has 0 saturated carbocycles. The lowest BCUT2D eigenvalue weighted by Gasteiger charge is -2.36. The number of rotatable bonds is 10. The van der Waals surface area contributed by atoms with Crippen molar-refractivity contribution < 1.29 is 14.6 Å². The van der Waals surface area contributed by atoms with Gasteiger partial charge in [0.1, 0.15) is 11.5 Å². The Morgan fingerprint density at radius 2 is 1.69 bits per heavy atom. The first kappa shape index (κ1) is 23.8. The minimum atomic E-state index is 0.0742. The van der Waals surface area contributed by atoms with Crippen molar-refractivity contribution in [2.24, 2.45) is 5.41 Å². The van der Waals surface area contributed by atoms with E-state index in [-0.39, 0.29) is 23.4 Å². The third kappa shape index (κ3) is 6.01. The van der Waals surface area contributed by atoms with Crippen LogP contribution in [0, 0.1) is 5.41 Å². The van der Waals surface area contributed by atoms with E-state index in [0.29, 0.717) is 0 Å². The Hall–Kier alpha value is -1.48. The van der Waals surface area contributed by atoms with Crippen molar-refractivity contribution in [3.05, 3.63) is 34.9 Å². The number of aliphatic hydroxyl groups is 1. The van der Waals surface area contributed by atoms with Crippen molar-refractivity contribution in [3.8, 4) is 11.5 Å². The molecule has 0 heterocycles. The molecule has 0 radical (unpaired) electrons. The first-order valence-corrected chi connectivity index (χ1v) is 11.2. The molecule has 1 aromatic carbocycles. The van der Waals surface area contributed by atoms with Gasteiger partial charge < -0.3 is 14.6 Å². The standard InChI is InChI=1S/C26H42O3/c1-8-9-10-11-12-26(4,5)21-14-22(28-6)24(23(15-21)29-7)20-13-19(18-27)16-25(2,3)17-20/h13-15,20,27H,8-12,16-18H2,1-7H3/t20-/m0/s1. The van der Waals surface area contributed by atoms with Gasteiger partial charge in [-0.3, -0.25) is 0 Å². The number of hydrogen-bond acceptors (Lipinski definition) is 3. The van der Waals surface area contributed by atoms with Crippen LogP contribution in [0.1, 0.15) is 96.6 Å². The zero-order chi connectivity index (χ0) is 21.7. The van der Waals surface area contributed by atoms with Crippen LogP contribution in [0.15, 0.2) is 23.8 Å². The van der Waals surface area contributed by atoms with Crippen molar-refractivity contribution in [3.63, 3.8) is 0 Å². The average molecular weight is 403 g/mol. The van der Waals surface area contributed by atoms with Crippen LogP contribution in [0.5, 0.6) is 11.5 Å². The van der Waals surface area contributed by atoms with Crippen LogP contribution >= 0.6 is 0 Å². The average Bonchev–Trinajstić information content (AvgIpc) is 2.68. The molecular formula is C26H42O3. The number of aliphatic hydroxyl groups excluding tert-OH is 1. The Morgan fingerprint density at radius 3 is 2.21 bits per heavy atom. The van der Waals surface area contributed by atoms with Gasteiger partial charge in [0, 0.05) is 11.5 Å². The van der Waals surface area contributed by atoms with E-state index in [1.165, 1.54) is 31.2 Å². The van der Waals surface area contributed by atoms with Gasteiger partial charge in [0.15, 0.2) is 0 Å². The molecule has 29 heavy (non-hydrogen) atoms. The molecule has 0 aromatic heterocycles. The summed E-state index contributed by atoms with van der Waals surface area (Å²) in [6, 6.07) is 4.43. The molecule has 1 aromatic rings. The van der Waals surface area contributed by atoms with E-state index >= 15 is 0 Å². The normalized spacial score (nSPS) is 19.0. The quantitative estimate of drug-likeness (QED) is 0.346. The zero-order valence-corrected chi connectivity index (χ0v) is 19.7. The Kier molecular flexibility index (Phi) is 8.22. The van der Waals surface area contributed by atoms with E-state index in [1.807, 2.05) is 0 Å². The molecule has 3 heteroatoms. The molecule has 164 valence electrons. The van der Waals surface area contributed by atoms with Gasteiger partial charge in [0.05, 0.1) is 20.8 Å². The second-order valence-corrected chi connectivity index (χ2v) is 10.1. The molecule has 1 aliphatic rings. The summed E-state index contributed by atoms with van der Waals surface area (Å²) in [7, 11) is 3.50. The SMILES string of the molecule is CCCCCCC(C)(C)c1cc(OC)c([C@H]2C=C(CO)CC(C)(C)C2)c(OC)c1. The monoisotopic (exact) mass is 402 g/mol. The third-order valence-electron chi connectivity index (χ3n) is 6.47. The smallest absolute Gasteiger partial charge is 0.126 e. The van der Waals surface area contributed by atoms with Gasteiger partial charge >= 0.3 is 0 Å². The molecule has 0 spiro atoms. The van der Waals surface area contributed by atoms with Crippen molar-refractivity contribution >= 4 is 0 Å². The summed E-state index contributed by atoms with van der Waals surface area (Å²) in [6.07, 6.45) is 10.4.